The summed E-state index contributed by atoms with van der Waals surface area (Å²) in [5, 5.41) is 16.5. The van der Waals surface area contributed by atoms with Crippen molar-refractivity contribution < 1.29 is 9.72 Å². The number of rotatable bonds is 5. The number of nitrogens with one attached hydrogen (secondary N) is 1. The summed E-state index contributed by atoms with van der Waals surface area (Å²) in [4.78, 5) is 28.0. The maximum absolute atomic E-state index is 12.9. The van der Waals surface area contributed by atoms with Crippen LogP contribution in [0.25, 0.3) is 10.8 Å². The van der Waals surface area contributed by atoms with E-state index in [0.717, 1.165) is 16.5 Å². The van der Waals surface area contributed by atoms with Crippen molar-refractivity contribution in [2.75, 3.05) is 36.4 Å². The van der Waals surface area contributed by atoms with E-state index in [1.807, 2.05) is 60.4 Å². The monoisotopic (exact) mass is 404 g/mol. The van der Waals surface area contributed by atoms with Crippen LogP contribution in [-0.4, -0.2) is 48.0 Å². The summed E-state index contributed by atoms with van der Waals surface area (Å²) >= 11 is 0. The molecule has 0 spiro atoms. The molecule has 1 saturated heterocycles. The van der Waals surface area contributed by atoms with Gasteiger partial charge in [-0.15, -0.1) is 0 Å². The van der Waals surface area contributed by atoms with Crippen molar-refractivity contribution in [1.82, 2.24) is 4.90 Å². The van der Waals surface area contributed by atoms with Crippen LogP contribution in [0.5, 0.6) is 0 Å². The second kappa shape index (κ2) is 8.51. The number of para-hydroxylation sites is 2. The normalized spacial score (nSPS) is 15.7. The van der Waals surface area contributed by atoms with Crippen molar-refractivity contribution in [1.29, 1.82) is 0 Å². The van der Waals surface area contributed by atoms with Gasteiger partial charge in [0.05, 0.1) is 11.0 Å². The summed E-state index contributed by atoms with van der Waals surface area (Å²) in [6.45, 7) is 4.50. The third kappa shape index (κ3) is 3.97. The number of nitro benzene ring substituents is 1. The minimum Gasteiger partial charge on any atom is -0.363 e. The van der Waals surface area contributed by atoms with Gasteiger partial charge in [-0.05, 0) is 24.4 Å². The van der Waals surface area contributed by atoms with E-state index in [0.29, 0.717) is 31.9 Å². The highest BCUT2D eigenvalue weighted by atomic mass is 16.6. The molecule has 1 unspecified atom stereocenters. The second-order valence-corrected chi connectivity index (χ2v) is 7.46. The largest absolute Gasteiger partial charge is 0.363 e. The number of hydrogen-bond acceptors (Lipinski definition) is 5. The van der Waals surface area contributed by atoms with Crippen molar-refractivity contribution in [2.24, 2.45) is 0 Å². The molecular formula is C23H24N4O3. The molecule has 1 fully saturated rings. The van der Waals surface area contributed by atoms with E-state index in [1.165, 1.54) is 6.07 Å². The molecule has 1 heterocycles. The molecule has 1 amide bonds. The molecular weight excluding hydrogens is 380 g/mol. The Bertz CT molecular complexity index is 1070. The summed E-state index contributed by atoms with van der Waals surface area (Å²) in [5.74, 6) is -0.0505. The Morgan fingerprint density at radius 2 is 1.63 bits per heavy atom. The Balaban J connectivity index is 1.41. The Labute approximate surface area is 175 Å². The van der Waals surface area contributed by atoms with Gasteiger partial charge in [-0.1, -0.05) is 48.5 Å². The molecule has 0 saturated carbocycles. The molecule has 0 radical (unpaired) electrons. The van der Waals surface area contributed by atoms with Gasteiger partial charge in [0.1, 0.15) is 5.69 Å². The predicted octanol–water partition coefficient (Wildman–Crippen LogP) is 3.90. The molecule has 30 heavy (non-hydrogen) atoms. The molecule has 154 valence electrons. The molecule has 4 rings (SSSR count). The minimum absolute atomic E-state index is 0.0505. The summed E-state index contributed by atoms with van der Waals surface area (Å²) in [6, 6.07) is 20.4. The van der Waals surface area contributed by atoms with Crippen LogP contribution in [0.3, 0.4) is 0 Å². The first kappa shape index (κ1) is 19.8. The average molecular weight is 404 g/mol. The first-order chi connectivity index (χ1) is 14.5. The Morgan fingerprint density at radius 1 is 0.967 bits per heavy atom. The van der Waals surface area contributed by atoms with Crippen LogP contribution in [0.15, 0.2) is 66.7 Å². The zero-order valence-electron chi connectivity index (χ0n) is 16.8. The van der Waals surface area contributed by atoms with E-state index in [1.54, 1.807) is 12.1 Å². The standard InChI is InChI=1S/C23H24N4O3/c1-17(23(28)24-20-10-6-8-18-7-2-3-9-19(18)20)25-13-15-26(16-14-25)21-11-4-5-12-22(21)27(29)30/h2-12,17H,13-16H2,1H3,(H,24,28). The fourth-order valence-corrected chi connectivity index (χ4v) is 3.97. The third-order valence-electron chi connectivity index (χ3n) is 5.71. The van der Waals surface area contributed by atoms with Crippen LogP contribution in [0.2, 0.25) is 0 Å². The van der Waals surface area contributed by atoms with E-state index in [9.17, 15) is 14.9 Å². The molecule has 0 aromatic heterocycles. The molecule has 3 aromatic rings. The summed E-state index contributed by atoms with van der Waals surface area (Å²) in [6.07, 6.45) is 0. The Hall–Kier alpha value is -3.45. The number of anilines is 2. The SMILES string of the molecule is CC(C(=O)Nc1cccc2ccccc12)N1CCN(c2ccccc2[N+](=O)[O-])CC1. The van der Waals surface area contributed by atoms with E-state index in [4.69, 9.17) is 0 Å². The molecule has 0 bridgehead atoms. The Kier molecular flexibility index (Phi) is 5.63. The molecule has 3 aromatic carbocycles. The first-order valence-electron chi connectivity index (χ1n) is 10.1. The van der Waals surface area contributed by atoms with Crippen LogP contribution >= 0.6 is 0 Å². The lowest BCUT2D eigenvalue weighted by Crippen LogP contribution is -2.53. The average Bonchev–Trinajstić information content (AvgIpc) is 2.79. The summed E-state index contributed by atoms with van der Waals surface area (Å²) < 4.78 is 0. The predicted molar refractivity (Wildman–Crippen MR) is 119 cm³/mol. The third-order valence-corrected chi connectivity index (χ3v) is 5.71. The number of piperazine rings is 1. The minimum atomic E-state index is -0.345. The molecule has 1 aliphatic heterocycles. The van der Waals surface area contributed by atoms with Crippen molar-refractivity contribution in [3.8, 4) is 0 Å². The van der Waals surface area contributed by atoms with E-state index in [-0.39, 0.29) is 22.6 Å². The first-order valence-corrected chi connectivity index (χ1v) is 10.1. The fraction of sp³-hybridized carbons (Fsp3) is 0.261. The second-order valence-electron chi connectivity index (χ2n) is 7.46. The van der Waals surface area contributed by atoms with Gasteiger partial charge in [-0.3, -0.25) is 19.8 Å². The van der Waals surface area contributed by atoms with Gasteiger partial charge in [0.15, 0.2) is 0 Å². The highest BCUT2D eigenvalue weighted by Crippen LogP contribution is 2.29. The van der Waals surface area contributed by atoms with Gasteiger partial charge in [0.2, 0.25) is 5.91 Å². The highest BCUT2D eigenvalue weighted by molar-refractivity contribution is 6.03. The lowest BCUT2D eigenvalue weighted by atomic mass is 10.1. The van der Waals surface area contributed by atoms with Gasteiger partial charge < -0.3 is 10.2 Å². The zero-order valence-corrected chi connectivity index (χ0v) is 16.8. The van der Waals surface area contributed by atoms with Crippen LogP contribution in [-0.2, 0) is 4.79 Å². The number of nitro groups is 1. The summed E-state index contributed by atoms with van der Waals surface area (Å²) in [7, 11) is 0. The molecule has 0 aliphatic carbocycles. The number of nitrogens with zero attached hydrogens (tertiary/aromatic N) is 3. The van der Waals surface area contributed by atoms with Crippen LogP contribution in [0, 0.1) is 10.1 Å². The maximum atomic E-state index is 12.9. The van der Waals surface area contributed by atoms with E-state index in [2.05, 4.69) is 10.2 Å². The highest BCUT2D eigenvalue weighted by Gasteiger charge is 2.28. The summed E-state index contributed by atoms with van der Waals surface area (Å²) in [5.41, 5.74) is 1.56. The Morgan fingerprint density at radius 3 is 2.40 bits per heavy atom. The number of fused-ring (bicyclic) bond motifs is 1. The van der Waals surface area contributed by atoms with Gasteiger partial charge in [-0.2, -0.15) is 0 Å². The van der Waals surface area contributed by atoms with Gasteiger partial charge in [-0.25, -0.2) is 0 Å². The molecule has 7 nitrogen and oxygen atoms in total. The topological polar surface area (TPSA) is 78.7 Å². The van der Waals surface area contributed by atoms with E-state index >= 15 is 0 Å². The zero-order chi connectivity index (χ0) is 21.1. The van der Waals surface area contributed by atoms with Crippen molar-refractivity contribution in [2.45, 2.75) is 13.0 Å². The molecule has 7 heteroatoms. The lowest BCUT2D eigenvalue weighted by Gasteiger charge is -2.38. The quantitative estimate of drug-likeness (QED) is 0.515. The molecule has 1 atom stereocenters. The van der Waals surface area contributed by atoms with E-state index < -0.39 is 0 Å². The number of amides is 1. The number of benzene rings is 3. The maximum Gasteiger partial charge on any atom is 0.292 e. The van der Waals surface area contributed by atoms with Gasteiger partial charge >= 0.3 is 0 Å². The van der Waals surface area contributed by atoms with Crippen molar-refractivity contribution in [3.63, 3.8) is 0 Å². The molecule has 1 N–H and O–H groups in total. The number of carbonyl (C=O) groups is 1. The van der Waals surface area contributed by atoms with Gasteiger partial charge in [0.25, 0.3) is 5.69 Å². The number of carbonyl (C=O) groups excluding carboxylic acids is 1. The lowest BCUT2D eigenvalue weighted by molar-refractivity contribution is -0.384. The van der Waals surface area contributed by atoms with Crippen LogP contribution < -0.4 is 10.2 Å². The van der Waals surface area contributed by atoms with Crippen LogP contribution in [0.1, 0.15) is 6.92 Å². The van der Waals surface area contributed by atoms with Gasteiger partial charge in [0, 0.05) is 43.3 Å². The van der Waals surface area contributed by atoms with Crippen LogP contribution in [0.4, 0.5) is 17.1 Å². The fourth-order valence-electron chi connectivity index (χ4n) is 3.97. The van der Waals surface area contributed by atoms with Crippen molar-refractivity contribution >= 4 is 33.7 Å². The molecule has 1 aliphatic rings. The number of hydrogen-bond donors (Lipinski definition) is 1. The van der Waals surface area contributed by atoms with Crippen molar-refractivity contribution in [3.05, 3.63) is 76.8 Å². The smallest absolute Gasteiger partial charge is 0.292 e.